The van der Waals surface area contributed by atoms with E-state index in [0.717, 1.165) is 0 Å². The van der Waals surface area contributed by atoms with Crippen LogP contribution in [0.25, 0.3) is 0 Å². The summed E-state index contributed by atoms with van der Waals surface area (Å²) in [5, 5.41) is 0.473. The number of hydrogen-bond acceptors (Lipinski definition) is 3. The van der Waals surface area contributed by atoms with Crippen LogP contribution in [-0.4, -0.2) is 28.7 Å². The average Bonchev–Trinajstić information content (AvgIpc) is 2.28. The van der Waals surface area contributed by atoms with Crippen molar-refractivity contribution in [2.75, 3.05) is 20.3 Å². The number of hydrogen-bond donors (Lipinski definition) is 1. The van der Waals surface area contributed by atoms with Gasteiger partial charge in [-0.2, -0.15) is 0 Å². The number of nitrogens with one attached hydrogen (secondary N) is 1. The van der Waals surface area contributed by atoms with Gasteiger partial charge in [0.25, 0.3) is 0 Å². The number of rotatable bonds is 6. The smallest absolute Gasteiger partial charge is 0.242 e. The largest absolute Gasteiger partial charge is 0.385 e. The van der Waals surface area contributed by atoms with E-state index in [4.69, 9.17) is 27.9 Å². The molecule has 1 aromatic carbocycles. The third kappa shape index (κ3) is 4.44. The Morgan fingerprint density at radius 1 is 1.35 bits per heavy atom. The van der Waals surface area contributed by atoms with Crippen molar-refractivity contribution in [3.05, 3.63) is 28.2 Å². The lowest BCUT2D eigenvalue weighted by atomic mass is 10.4. The fourth-order valence-corrected chi connectivity index (χ4v) is 3.02. The van der Waals surface area contributed by atoms with E-state index >= 15 is 0 Å². The Kier molecular flexibility index (Phi) is 5.69. The van der Waals surface area contributed by atoms with Crippen molar-refractivity contribution in [1.29, 1.82) is 0 Å². The molecule has 0 unspecified atom stereocenters. The first-order chi connectivity index (χ1) is 7.97. The Balaban J connectivity index is 2.79. The standard InChI is InChI=1S/C10H13Cl2NO3S/c1-16-6-2-5-13-17(14,15)10-7-8(11)3-4-9(10)12/h3-4,7,13H,2,5-6H2,1H3. The highest BCUT2D eigenvalue weighted by Crippen LogP contribution is 2.24. The van der Waals surface area contributed by atoms with Crippen molar-refractivity contribution in [3.8, 4) is 0 Å². The third-order valence-corrected chi connectivity index (χ3v) is 4.18. The normalized spacial score (nSPS) is 11.7. The number of benzene rings is 1. The van der Waals surface area contributed by atoms with Crippen molar-refractivity contribution in [1.82, 2.24) is 4.72 Å². The van der Waals surface area contributed by atoms with Crippen LogP contribution in [0.5, 0.6) is 0 Å². The van der Waals surface area contributed by atoms with Gasteiger partial charge in [-0.25, -0.2) is 13.1 Å². The highest BCUT2D eigenvalue weighted by atomic mass is 35.5. The van der Waals surface area contributed by atoms with Crippen molar-refractivity contribution in [2.45, 2.75) is 11.3 Å². The summed E-state index contributed by atoms with van der Waals surface area (Å²) in [6.07, 6.45) is 0.591. The SMILES string of the molecule is COCCCNS(=O)(=O)c1cc(Cl)ccc1Cl. The summed E-state index contributed by atoms with van der Waals surface area (Å²) >= 11 is 11.6. The Bertz CT molecular complexity index is 476. The summed E-state index contributed by atoms with van der Waals surface area (Å²) in [5.74, 6) is 0. The van der Waals surface area contributed by atoms with E-state index in [-0.39, 0.29) is 9.92 Å². The number of methoxy groups -OCH3 is 1. The molecule has 0 amide bonds. The molecule has 0 radical (unpaired) electrons. The maximum atomic E-state index is 11.9. The molecule has 1 rings (SSSR count). The first kappa shape index (κ1) is 14.7. The van der Waals surface area contributed by atoms with E-state index in [1.165, 1.54) is 18.2 Å². The fraction of sp³-hybridized carbons (Fsp3) is 0.400. The van der Waals surface area contributed by atoms with Gasteiger partial charge in [-0.1, -0.05) is 23.2 Å². The van der Waals surface area contributed by atoms with Gasteiger partial charge < -0.3 is 4.74 Å². The van der Waals surface area contributed by atoms with Crippen LogP contribution in [0.2, 0.25) is 10.0 Å². The quantitative estimate of drug-likeness (QED) is 0.820. The van der Waals surface area contributed by atoms with Gasteiger partial charge in [0, 0.05) is 25.3 Å². The van der Waals surface area contributed by atoms with Crippen LogP contribution in [0.3, 0.4) is 0 Å². The molecule has 0 atom stereocenters. The first-order valence-corrected chi connectivity index (χ1v) is 7.15. The van der Waals surface area contributed by atoms with Gasteiger partial charge in [-0.15, -0.1) is 0 Å². The predicted molar refractivity (Wildman–Crippen MR) is 68.1 cm³/mol. The molecule has 0 aliphatic heterocycles. The minimum atomic E-state index is -3.62. The number of ether oxygens (including phenoxy) is 1. The lowest BCUT2D eigenvalue weighted by Gasteiger charge is -2.08. The van der Waals surface area contributed by atoms with Gasteiger partial charge in [0.1, 0.15) is 4.90 Å². The second-order valence-corrected chi connectivity index (χ2v) is 5.90. The molecule has 0 bridgehead atoms. The Hall–Kier alpha value is -0.330. The summed E-state index contributed by atoms with van der Waals surface area (Å²) in [6.45, 7) is 0.783. The van der Waals surface area contributed by atoms with Crippen LogP contribution < -0.4 is 4.72 Å². The van der Waals surface area contributed by atoms with E-state index in [9.17, 15) is 8.42 Å². The van der Waals surface area contributed by atoms with E-state index < -0.39 is 10.0 Å². The summed E-state index contributed by atoms with van der Waals surface area (Å²) in [4.78, 5) is -0.0101. The molecule has 0 aliphatic carbocycles. The zero-order chi connectivity index (χ0) is 12.9. The highest BCUT2D eigenvalue weighted by Gasteiger charge is 2.17. The van der Waals surface area contributed by atoms with Crippen LogP contribution in [-0.2, 0) is 14.8 Å². The van der Waals surface area contributed by atoms with E-state index in [2.05, 4.69) is 4.72 Å². The summed E-state index contributed by atoms with van der Waals surface area (Å²) < 4.78 is 31.0. The van der Waals surface area contributed by atoms with Gasteiger partial charge in [-0.3, -0.25) is 0 Å². The molecule has 96 valence electrons. The van der Waals surface area contributed by atoms with Crippen LogP contribution in [0.4, 0.5) is 0 Å². The molecule has 0 heterocycles. The Labute approximate surface area is 111 Å². The molecule has 17 heavy (non-hydrogen) atoms. The van der Waals surface area contributed by atoms with Gasteiger partial charge in [0.05, 0.1) is 5.02 Å². The van der Waals surface area contributed by atoms with Crippen molar-refractivity contribution in [3.63, 3.8) is 0 Å². The van der Waals surface area contributed by atoms with Crippen LogP contribution >= 0.6 is 23.2 Å². The summed E-state index contributed by atoms with van der Waals surface area (Å²) in [7, 11) is -2.06. The van der Waals surface area contributed by atoms with E-state index in [0.29, 0.717) is 24.6 Å². The first-order valence-electron chi connectivity index (χ1n) is 4.91. The Morgan fingerprint density at radius 3 is 2.71 bits per heavy atom. The lowest BCUT2D eigenvalue weighted by molar-refractivity contribution is 0.196. The maximum Gasteiger partial charge on any atom is 0.242 e. The summed E-state index contributed by atoms with van der Waals surface area (Å²) in [5.41, 5.74) is 0. The predicted octanol–water partition coefficient (Wildman–Crippen LogP) is 2.31. The zero-order valence-corrected chi connectivity index (χ0v) is 11.6. The molecule has 0 aliphatic rings. The van der Waals surface area contributed by atoms with Crippen LogP contribution in [0, 0.1) is 0 Å². The third-order valence-electron chi connectivity index (χ3n) is 2.00. The molecule has 0 saturated carbocycles. The Morgan fingerprint density at radius 2 is 2.06 bits per heavy atom. The molecule has 0 spiro atoms. The highest BCUT2D eigenvalue weighted by molar-refractivity contribution is 7.89. The molecular formula is C10H13Cl2NO3S. The maximum absolute atomic E-state index is 11.9. The molecule has 1 aromatic rings. The van der Waals surface area contributed by atoms with Crippen LogP contribution in [0.1, 0.15) is 6.42 Å². The van der Waals surface area contributed by atoms with Gasteiger partial charge >= 0.3 is 0 Å². The zero-order valence-electron chi connectivity index (χ0n) is 9.24. The monoisotopic (exact) mass is 297 g/mol. The number of halogens is 2. The van der Waals surface area contributed by atoms with E-state index in [1.807, 2.05) is 0 Å². The molecular weight excluding hydrogens is 285 g/mol. The molecule has 7 heteroatoms. The molecule has 0 saturated heterocycles. The van der Waals surface area contributed by atoms with Gasteiger partial charge in [-0.05, 0) is 24.6 Å². The second-order valence-electron chi connectivity index (χ2n) is 3.32. The van der Waals surface area contributed by atoms with E-state index in [1.54, 1.807) is 7.11 Å². The second kappa shape index (κ2) is 6.56. The van der Waals surface area contributed by atoms with Crippen molar-refractivity contribution in [2.24, 2.45) is 0 Å². The minimum Gasteiger partial charge on any atom is -0.385 e. The number of sulfonamides is 1. The lowest BCUT2D eigenvalue weighted by Crippen LogP contribution is -2.25. The topological polar surface area (TPSA) is 55.4 Å². The molecule has 0 fully saturated rings. The van der Waals surface area contributed by atoms with Crippen molar-refractivity contribution >= 4 is 33.2 Å². The minimum absolute atomic E-state index is 0.0101. The van der Waals surface area contributed by atoms with Gasteiger partial charge in [0.2, 0.25) is 10.0 Å². The van der Waals surface area contributed by atoms with Gasteiger partial charge in [0.15, 0.2) is 0 Å². The molecule has 0 aromatic heterocycles. The fourth-order valence-electron chi connectivity index (χ4n) is 1.18. The molecule has 1 N–H and O–H groups in total. The van der Waals surface area contributed by atoms with Crippen molar-refractivity contribution < 1.29 is 13.2 Å². The molecule has 4 nitrogen and oxygen atoms in total. The summed E-state index contributed by atoms with van der Waals surface area (Å²) in [6, 6.07) is 4.31. The average molecular weight is 298 g/mol. The van der Waals surface area contributed by atoms with Crippen LogP contribution in [0.15, 0.2) is 23.1 Å².